The Kier molecular flexibility index (Phi) is 4.02. The number of aromatic amines is 1. The molecular formula is C18H18N2O3. The number of amides is 1. The molecule has 0 aliphatic heterocycles. The molecular weight excluding hydrogens is 292 g/mol. The Bertz CT molecular complexity index is 889. The summed E-state index contributed by atoms with van der Waals surface area (Å²) >= 11 is 0. The SMILES string of the molecule is CC(C)c1ccc(C(=O)NCc2ccc3[nH]c(=O)oc3c2)cc1. The summed E-state index contributed by atoms with van der Waals surface area (Å²) in [7, 11) is 0. The molecule has 0 spiro atoms. The van der Waals surface area contributed by atoms with E-state index in [9.17, 15) is 9.59 Å². The third kappa shape index (κ3) is 3.34. The maximum absolute atomic E-state index is 12.2. The number of carbonyl (C=O) groups is 1. The molecule has 5 heteroatoms. The molecule has 0 bridgehead atoms. The zero-order valence-electron chi connectivity index (χ0n) is 13.1. The largest absolute Gasteiger partial charge is 0.417 e. The molecule has 0 atom stereocenters. The molecule has 5 nitrogen and oxygen atoms in total. The van der Waals surface area contributed by atoms with Gasteiger partial charge in [-0.05, 0) is 41.3 Å². The van der Waals surface area contributed by atoms with Gasteiger partial charge in [-0.15, -0.1) is 0 Å². The maximum atomic E-state index is 12.2. The third-order valence-electron chi connectivity index (χ3n) is 3.78. The molecule has 1 heterocycles. The zero-order valence-corrected chi connectivity index (χ0v) is 13.1. The molecule has 1 amide bonds. The van der Waals surface area contributed by atoms with E-state index in [1.807, 2.05) is 30.3 Å². The first kappa shape index (κ1) is 15.1. The number of fused-ring (bicyclic) bond motifs is 1. The van der Waals surface area contributed by atoms with Gasteiger partial charge in [0, 0.05) is 12.1 Å². The van der Waals surface area contributed by atoms with Crippen LogP contribution in [-0.4, -0.2) is 10.9 Å². The van der Waals surface area contributed by atoms with Crippen LogP contribution in [0.2, 0.25) is 0 Å². The van der Waals surface area contributed by atoms with E-state index in [1.54, 1.807) is 12.1 Å². The van der Waals surface area contributed by atoms with Crippen molar-refractivity contribution in [3.63, 3.8) is 0 Å². The summed E-state index contributed by atoms with van der Waals surface area (Å²) in [5.41, 5.74) is 3.84. The molecule has 0 fully saturated rings. The van der Waals surface area contributed by atoms with Crippen molar-refractivity contribution in [1.82, 2.24) is 10.3 Å². The van der Waals surface area contributed by atoms with Crippen molar-refractivity contribution in [3.05, 3.63) is 69.7 Å². The van der Waals surface area contributed by atoms with E-state index < -0.39 is 5.76 Å². The second-order valence-corrected chi connectivity index (χ2v) is 5.80. The van der Waals surface area contributed by atoms with Gasteiger partial charge in [-0.2, -0.15) is 0 Å². The number of nitrogens with one attached hydrogen (secondary N) is 2. The Balaban J connectivity index is 1.68. The first-order valence-electron chi connectivity index (χ1n) is 7.53. The lowest BCUT2D eigenvalue weighted by Gasteiger charge is -2.08. The molecule has 118 valence electrons. The number of benzene rings is 2. The minimum absolute atomic E-state index is 0.129. The van der Waals surface area contributed by atoms with Crippen molar-refractivity contribution in [2.24, 2.45) is 0 Å². The molecule has 0 aliphatic carbocycles. The number of hydrogen-bond acceptors (Lipinski definition) is 3. The van der Waals surface area contributed by atoms with Crippen molar-refractivity contribution >= 4 is 17.0 Å². The van der Waals surface area contributed by atoms with Crippen LogP contribution in [0, 0.1) is 0 Å². The minimum Gasteiger partial charge on any atom is -0.408 e. The van der Waals surface area contributed by atoms with Gasteiger partial charge in [0.05, 0.1) is 5.52 Å². The molecule has 0 saturated heterocycles. The summed E-state index contributed by atoms with van der Waals surface area (Å²) in [6, 6.07) is 13.0. The first-order chi connectivity index (χ1) is 11.0. The summed E-state index contributed by atoms with van der Waals surface area (Å²) in [5.74, 6) is -0.169. The average molecular weight is 310 g/mol. The van der Waals surface area contributed by atoms with Crippen molar-refractivity contribution < 1.29 is 9.21 Å². The predicted molar refractivity (Wildman–Crippen MR) is 88.5 cm³/mol. The number of oxazole rings is 1. The summed E-state index contributed by atoms with van der Waals surface area (Å²) in [6.07, 6.45) is 0. The number of hydrogen-bond donors (Lipinski definition) is 2. The Morgan fingerprint density at radius 2 is 1.91 bits per heavy atom. The predicted octanol–water partition coefficient (Wildman–Crippen LogP) is 3.17. The minimum atomic E-state index is -0.480. The highest BCUT2D eigenvalue weighted by atomic mass is 16.4. The van der Waals surface area contributed by atoms with Gasteiger partial charge in [0.2, 0.25) is 0 Å². The van der Waals surface area contributed by atoms with Gasteiger partial charge < -0.3 is 9.73 Å². The lowest BCUT2D eigenvalue weighted by Crippen LogP contribution is -2.22. The third-order valence-corrected chi connectivity index (χ3v) is 3.78. The van der Waals surface area contributed by atoms with E-state index in [1.165, 1.54) is 5.56 Å². The van der Waals surface area contributed by atoms with Crippen LogP contribution in [0.1, 0.15) is 41.3 Å². The van der Waals surface area contributed by atoms with E-state index in [2.05, 4.69) is 24.1 Å². The molecule has 0 saturated carbocycles. The standard InChI is InChI=1S/C18H18N2O3/c1-11(2)13-4-6-14(7-5-13)17(21)19-10-12-3-8-15-16(9-12)23-18(22)20-15/h3-9,11H,10H2,1-2H3,(H,19,21)(H,20,22). The molecule has 23 heavy (non-hydrogen) atoms. The lowest BCUT2D eigenvalue weighted by atomic mass is 10.0. The number of rotatable bonds is 4. The molecule has 0 unspecified atom stereocenters. The highest BCUT2D eigenvalue weighted by Gasteiger charge is 2.07. The van der Waals surface area contributed by atoms with Gasteiger partial charge in [0.1, 0.15) is 0 Å². The molecule has 2 aromatic carbocycles. The smallest absolute Gasteiger partial charge is 0.408 e. The van der Waals surface area contributed by atoms with E-state index in [4.69, 9.17) is 4.42 Å². The molecule has 0 radical (unpaired) electrons. The van der Waals surface area contributed by atoms with Crippen molar-refractivity contribution in [2.75, 3.05) is 0 Å². The Hall–Kier alpha value is -2.82. The van der Waals surface area contributed by atoms with Gasteiger partial charge >= 0.3 is 5.76 Å². The molecule has 3 rings (SSSR count). The topological polar surface area (TPSA) is 75.1 Å². The fourth-order valence-corrected chi connectivity index (χ4v) is 2.40. The first-order valence-corrected chi connectivity index (χ1v) is 7.53. The maximum Gasteiger partial charge on any atom is 0.417 e. The fraction of sp³-hybridized carbons (Fsp3) is 0.222. The normalized spacial score (nSPS) is 11.1. The van der Waals surface area contributed by atoms with Crippen LogP contribution in [0.15, 0.2) is 51.7 Å². The Morgan fingerprint density at radius 1 is 1.17 bits per heavy atom. The summed E-state index contributed by atoms with van der Waals surface area (Å²) < 4.78 is 5.01. The molecule has 3 aromatic rings. The quantitative estimate of drug-likeness (QED) is 0.777. The van der Waals surface area contributed by atoms with Gasteiger partial charge in [0.15, 0.2) is 5.58 Å². The zero-order chi connectivity index (χ0) is 16.4. The van der Waals surface area contributed by atoms with Crippen LogP contribution in [-0.2, 0) is 6.54 Å². The second kappa shape index (κ2) is 6.12. The van der Waals surface area contributed by atoms with E-state index >= 15 is 0 Å². The number of aromatic nitrogens is 1. The average Bonchev–Trinajstić information content (AvgIpc) is 2.92. The summed E-state index contributed by atoms with van der Waals surface area (Å²) in [4.78, 5) is 25.9. The highest BCUT2D eigenvalue weighted by molar-refractivity contribution is 5.94. The van der Waals surface area contributed by atoms with Crippen LogP contribution >= 0.6 is 0 Å². The van der Waals surface area contributed by atoms with E-state index in [0.717, 1.165) is 5.56 Å². The Labute approximate surface area is 133 Å². The van der Waals surface area contributed by atoms with Crippen LogP contribution < -0.4 is 11.1 Å². The summed E-state index contributed by atoms with van der Waals surface area (Å²) in [5, 5.41) is 2.87. The Morgan fingerprint density at radius 3 is 2.61 bits per heavy atom. The molecule has 0 aliphatic rings. The van der Waals surface area contributed by atoms with Gasteiger partial charge in [-0.25, -0.2) is 4.79 Å². The van der Waals surface area contributed by atoms with Crippen LogP contribution in [0.3, 0.4) is 0 Å². The van der Waals surface area contributed by atoms with Gasteiger partial charge in [-0.1, -0.05) is 32.0 Å². The van der Waals surface area contributed by atoms with Crippen LogP contribution in [0.5, 0.6) is 0 Å². The molecule has 1 aromatic heterocycles. The van der Waals surface area contributed by atoms with E-state index in [0.29, 0.717) is 29.1 Å². The van der Waals surface area contributed by atoms with Gasteiger partial charge in [-0.3, -0.25) is 9.78 Å². The highest BCUT2D eigenvalue weighted by Crippen LogP contribution is 2.15. The number of H-pyrrole nitrogens is 1. The van der Waals surface area contributed by atoms with Crippen molar-refractivity contribution in [3.8, 4) is 0 Å². The summed E-state index contributed by atoms with van der Waals surface area (Å²) in [6.45, 7) is 4.60. The second-order valence-electron chi connectivity index (χ2n) is 5.80. The fourth-order valence-electron chi connectivity index (χ4n) is 2.40. The monoisotopic (exact) mass is 310 g/mol. The van der Waals surface area contributed by atoms with Crippen molar-refractivity contribution in [1.29, 1.82) is 0 Å². The van der Waals surface area contributed by atoms with Crippen LogP contribution in [0.25, 0.3) is 11.1 Å². The number of carbonyl (C=O) groups excluding carboxylic acids is 1. The van der Waals surface area contributed by atoms with E-state index in [-0.39, 0.29) is 5.91 Å². The van der Waals surface area contributed by atoms with Gasteiger partial charge in [0.25, 0.3) is 5.91 Å². The molecule has 2 N–H and O–H groups in total. The van der Waals surface area contributed by atoms with Crippen LogP contribution in [0.4, 0.5) is 0 Å². The lowest BCUT2D eigenvalue weighted by molar-refractivity contribution is 0.0951. The van der Waals surface area contributed by atoms with Crippen molar-refractivity contribution in [2.45, 2.75) is 26.3 Å².